The van der Waals surface area contributed by atoms with Crippen LogP contribution in [-0.4, -0.2) is 50.7 Å². The molecule has 5 rings (SSSR count). The van der Waals surface area contributed by atoms with Gasteiger partial charge in [0.25, 0.3) is 0 Å². The van der Waals surface area contributed by atoms with Crippen molar-refractivity contribution in [3.8, 4) is 22.5 Å². The van der Waals surface area contributed by atoms with Crippen LogP contribution in [0.25, 0.3) is 50.0 Å². The summed E-state index contributed by atoms with van der Waals surface area (Å²) in [6.07, 6.45) is 9.88. The Morgan fingerprint density at radius 1 is 1.18 bits per heavy atom. The first-order valence-electron chi connectivity index (χ1n) is 11.1. The van der Waals surface area contributed by atoms with Crippen molar-refractivity contribution in [3.63, 3.8) is 0 Å². The maximum absolute atomic E-state index is 5.00. The first kappa shape index (κ1) is 22.0. The zero-order valence-corrected chi connectivity index (χ0v) is 20.3. The second kappa shape index (κ2) is 9.21. The number of hydrogen-bond acceptors (Lipinski definition) is 5. The Hall–Kier alpha value is -3.81. The highest BCUT2D eigenvalue weighted by molar-refractivity contribution is 7.08. The second-order valence-electron chi connectivity index (χ2n) is 8.41. The molecule has 0 aromatic carbocycles. The lowest BCUT2D eigenvalue weighted by atomic mass is 10.1. The predicted octanol–water partition coefficient (Wildman–Crippen LogP) is 6.31. The Bertz CT molecular complexity index is 1530. The van der Waals surface area contributed by atoms with Gasteiger partial charge in [-0.2, -0.15) is 16.4 Å². The van der Waals surface area contributed by atoms with E-state index in [0.717, 1.165) is 62.3 Å². The summed E-state index contributed by atoms with van der Waals surface area (Å²) < 4.78 is 0. The Kier molecular flexibility index (Phi) is 5.96. The van der Waals surface area contributed by atoms with Gasteiger partial charge in [0.2, 0.25) is 0 Å². The quantitative estimate of drug-likeness (QED) is 0.276. The van der Waals surface area contributed by atoms with E-state index in [9.17, 15) is 0 Å². The molecule has 170 valence electrons. The van der Waals surface area contributed by atoms with Crippen molar-refractivity contribution in [2.24, 2.45) is 0 Å². The molecule has 0 aliphatic carbocycles. The van der Waals surface area contributed by atoms with Crippen LogP contribution in [0.2, 0.25) is 0 Å². The molecule has 7 heteroatoms. The highest BCUT2D eigenvalue weighted by Crippen LogP contribution is 2.34. The largest absolute Gasteiger partial charge is 0.352 e. The number of aromatic amines is 2. The van der Waals surface area contributed by atoms with Crippen LogP contribution in [0, 0.1) is 0 Å². The van der Waals surface area contributed by atoms with Crippen LogP contribution >= 0.6 is 11.3 Å². The summed E-state index contributed by atoms with van der Waals surface area (Å²) in [6, 6.07) is 8.31. The van der Waals surface area contributed by atoms with E-state index in [1.165, 1.54) is 5.56 Å². The minimum Gasteiger partial charge on any atom is -0.352 e. The minimum absolute atomic E-state index is 0.793. The Morgan fingerprint density at radius 3 is 2.79 bits per heavy atom. The third kappa shape index (κ3) is 4.11. The van der Waals surface area contributed by atoms with Gasteiger partial charge in [0.15, 0.2) is 0 Å². The number of likely N-dealkylation sites (N-methyl/N-ethyl adjacent to an activating group) is 1. The Morgan fingerprint density at radius 2 is 2.06 bits per heavy atom. The Labute approximate surface area is 202 Å². The number of rotatable bonds is 7. The van der Waals surface area contributed by atoms with Gasteiger partial charge >= 0.3 is 0 Å². The van der Waals surface area contributed by atoms with Crippen molar-refractivity contribution in [2.45, 2.75) is 6.92 Å². The fourth-order valence-corrected chi connectivity index (χ4v) is 4.77. The van der Waals surface area contributed by atoms with Gasteiger partial charge in [-0.3, -0.25) is 10.1 Å². The smallest absolute Gasteiger partial charge is 0.135 e. The average Bonchev–Trinajstić information content (AvgIpc) is 3.59. The van der Waals surface area contributed by atoms with Crippen LogP contribution in [0.1, 0.15) is 12.6 Å². The molecule has 0 radical (unpaired) electrons. The molecule has 0 spiro atoms. The first-order valence-corrected chi connectivity index (χ1v) is 12.0. The van der Waals surface area contributed by atoms with Gasteiger partial charge in [0.05, 0.1) is 28.6 Å². The van der Waals surface area contributed by atoms with Crippen molar-refractivity contribution < 1.29 is 0 Å². The molecule has 0 atom stereocenters. The zero-order chi connectivity index (χ0) is 23.7. The molecule has 6 nitrogen and oxygen atoms in total. The summed E-state index contributed by atoms with van der Waals surface area (Å²) in [4.78, 5) is 15.1. The number of nitrogens with zero attached hydrogens (tertiary/aromatic N) is 4. The molecule has 0 saturated heterocycles. The molecule has 0 fully saturated rings. The lowest BCUT2D eigenvalue weighted by molar-refractivity contribution is 0.449. The van der Waals surface area contributed by atoms with Gasteiger partial charge in [0, 0.05) is 23.7 Å². The van der Waals surface area contributed by atoms with Crippen molar-refractivity contribution in [1.82, 2.24) is 30.0 Å². The van der Waals surface area contributed by atoms with Crippen molar-refractivity contribution in [1.29, 1.82) is 0 Å². The fraction of sp³-hybridized carbons (Fsp3) is 0.148. The van der Waals surface area contributed by atoms with E-state index in [0.29, 0.717) is 0 Å². The Balaban J connectivity index is 1.59. The number of thiophene rings is 1. The maximum atomic E-state index is 5.00. The van der Waals surface area contributed by atoms with Crippen LogP contribution in [0.5, 0.6) is 0 Å². The molecular formula is C27H26N6S. The van der Waals surface area contributed by atoms with Crippen LogP contribution in [0.4, 0.5) is 0 Å². The van der Waals surface area contributed by atoms with E-state index in [1.807, 2.05) is 51.6 Å². The number of pyridine rings is 2. The predicted molar refractivity (Wildman–Crippen MR) is 143 cm³/mol. The second-order valence-corrected chi connectivity index (χ2v) is 9.19. The monoisotopic (exact) mass is 466 g/mol. The molecule has 5 heterocycles. The van der Waals surface area contributed by atoms with Gasteiger partial charge in [-0.15, -0.1) is 0 Å². The van der Waals surface area contributed by atoms with Gasteiger partial charge in [0.1, 0.15) is 11.2 Å². The third-order valence-corrected chi connectivity index (χ3v) is 6.43. The van der Waals surface area contributed by atoms with Gasteiger partial charge in [-0.25, -0.2) is 4.98 Å². The molecule has 5 aromatic rings. The lowest BCUT2D eigenvalue weighted by Crippen LogP contribution is -2.14. The highest BCUT2D eigenvalue weighted by atomic mass is 32.1. The molecule has 0 aliphatic rings. The summed E-state index contributed by atoms with van der Waals surface area (Å²) in [5.74, 6) is 0. The molecule has 0 unspecified atom stereocenters. The molecular weight excluding hydrogens is 440 g/mol. The minimum atomic E-state index is 0.793. The van der Waals surface area contributed by atoms with Crippen molar-refractivity contribution in [2.75, 3.05) is 20.6 Å². The van der Waals surface area contributed by atoms with Crippen molar-refractivity contribution in [3.05, 3.63) is 83.5 Å². The number of fused-ring (bicyclic) bond motifs is 2. The van der Waals surface area contributed by atoms with Crippen LogP contribution < -0.4 is 0 Å². The van der Waals surface area contributed by atoms with Crippen LogP contribution in [0.15, 0.2) is 77.8 Å². The number of H-pyrrole nitrogens is 2. The maximum Gasteiger partial charge on any atom is 0.135 e. The van der Waals surface area contributed by atoms with Crippen molar-refractivity contribution >= 4 is 38.8 Å². The van der Waals surface area contributed by atoms with Gasteiger partial charge in [-0.05, 0) is 78.8 Å². The van der Waals surface area contributed by atoms with E-state index in [2.05, 4.69) is 66.7 Å². The number of allylic oxidation sites excluding steroid dienone is 3. The van der Waals surface area contributed by atoms with Gasteiger partial charge in [-0.1, -0.05) is 18.7 Å². The molecule has 0 bridgehead atoms. The molecule has 0 saturated carbocycles. The summed E-state index contributed by atoms with van der Waals surface area (Å²) in [5, 5.41) is 13.1. The summed E-state index contributed by atoms with van der Waals surface area (Å²) in [7, 11) is 4.10. The molecule has 0 amide bonds. The molecule has 0 aliphatic heterocycles. The summed E-state index contributed by atoms with van der Waals surface area (Å²) in [6.45, 7) is 6.81. The van der Waals surface area contributed by atoms with Crippen LogP contribution in [-0.2, 0) is 0 Å². The van der Waals surface area contributed by atoms with Crippen LogP contribution in [0.3, 0.4) is 0 Å². The summed E-state index contributed by atoms with van der Waals surface area (Å²) in [5.41, 5.74) is 9.75. The van der Waals surface area contributed by atoms with Gasteiger partial charge < -0.3 is 9.88 Å². The average molecular weight is 467 g/mol. The van der Waals surface area contributed by atoms with E-state index < -0.39 is 0 Å². The zero-order valence-electron chi connectivity index (χ0n) is 19.5. The highest BCUT2D eigenvalue weighted by Gasteiger charge is 2.16. The van der Waals surface area contributed by atoms with E-state index >= 15 is 0 Å². The fourth-order valence-electron chi connectivity index (χ4n) is 4.11. The SMILES string of the molecule is C=C/C(=C\C(=C/C)c1ccc2[nH]nc(-c3cc4c(-c5ccsc5)cncc4[nH]3)c2n1)CN(C)C. The van der Waals surface area contributed by atoms with E-state index in [1.54, 1.807) is 11.3 Å². The van der Waals surface area contributed by atoms with E-state index in [4.69, 9.17) is 4.98 Å². The normalized spacial score (nSPS) is 12.8. The van der Waals surface area contributed by atoms with E-state index in [-0.39, 0.29) is 0 Å². The topological polar surface area (TPSA) is 73.5 Å². The molecule has 5 aromatic heterocycles. The number of aromatic nitrogens is 5. The standard InChI is InChI=1S/C27H26N6S/c1-5-17(15-33(3)4)11-18(6-2)22-7-8-23-26(30-22)27(32-31-23)24-12-20-21(19-9-10-34-16-19)13-28-14-25(20)29-24/h5-14,16,29H,1,15H2,2-4H3,(H,31,32)/b17-11+,18-6+. The summed E-state index contributed by atoms with van der Waals surface area (Å²) >= 11 is 1.68. The number of nitrogens with one attached hydrogen (secondary N) is 2. The molecule has 2 N–H and O–H groups in total. The first-order chi connectivity index (χ1) is 16.6. The number of hydrogen-bond donors (Lipinski definition) is 2. The third-order valence-electron chi connectivity index (χ3n) is 5.75. The molecule has 34 heavy (non-hydrogen) atoms. The lowest BCUT2D eigenvalue weighted by Gasteiger charge is -2.11.